The van der Waals surface area contributed by atoms with Crippen molar-refractivity contribution in [3.8, 4) is 0 Å². The Hall–Kier alpha value is -1.88. The molecule has 0 aliphatic heterocycles. The first-order valence-electron chi connectivity index (χ1n) is 16.2. The Bertz CT molecular complexity index is 781. The van der Waals surface area contributed by atoms with Crippen molar-refractivity contribution in [1.82, 2.24) is 20.4 Å². The average molecular weight is 599 g/mol. The van der Waals surface area contributed by atoms with Crippen LogP contribution in [0.5, 0.6) is 0 Å². The second kappa shape index (κ2) is 22.6. The first-order valence-corrected chi connectivity index (χ1v) is 16.2. The Morgan fingerprint density at radius 2 is 1.10 bits per heavy atom. The summed E-state index contributed by atoms with van der Waals surface area (Å²) in [6, 6.07) is 0. The average Bonchev–Trinajstić information content (AvgIpc) is 2.92. The van der Waals surface area contributed by atoms with Gasteiger partial charge >= 0.3 is 5.97 Å². The summed E-state index contributed by atoms with van der Waals surface area (Å²) in [5, 5.41) is 25.2. The minimum Gasteiger partial charge on any atom is -0.481 e. The molecule has 0 rings (SSSR count). The summed E-state index contributed by atoms with van der Waals surface area (Å²) in [4.78, 5) is 52.4. The number of carboxylic acids is 1. The van der Waals surface area contributed by atoms with E-state index in [2.05, 4.69) is 34.3 Å². The Balaban J connectivity index is 4.16. The summed E-state index contributed by atoms with van der Waals surface area (Å²) >= 11 is 0. The summed E-state index contributed by atoms with van der Waals surface area (Å²) in [5.41, 5.74) is -1.94. The predicted molar refractivity (Wildman–Crippen MR) is 169 cm³/mol. The van der Waals surface area contributed by atoms with Gasteiger partial charge in [-0.25, -0.2) is 0 Å². The number of carbonyl (C=O) groups excluding carboxylic acids is 3. The highest BCUT2D eigenvalue weighted by Gasteiger charge is 2.26. The van der Waals surface area contributed by atoms with E-state index in [0.29, 0.717) is 45.6 Å². The lowest BCUT2D eigenvalue weighted by Gasteiger charge is -2.27. The van der Waals surface area contributed by atoms with Gasteiger partial charge in [0.1, 0.15) is 5.60 Å². The van der Waals surface area contributed by atoms with Gasteiger partial charge in [-0.1, -0.05) is 39.5 Å². The number of nitrogens with one attached hydrogen (secondary N) is 2. The van der Waals surface area contributed by atoms with Gasteiger partial charge in [-0.05, 0) is 73.0 Å². The van der Waals surface area contributed by atoms with Gasteiger partial charge in [0.15, 0.2) is 11.6 Å². The van der Waals surface area contributed by atoms with Crippen molar-refractivity contribution in [2.45, 2.75) is 130 Å². The Labute approximate surface area is 255 Å². The van der Waals surface area contributed by atoms with E-state index in [0.717, 1.165) is 71.0 Å². The molecule has 10 nitrogen and oxygen atoms in total. The number of aliphatic hydroxyl groups is 1. The first-order chi connectivity index (χ1) is 19.7. The van der Waals surface area contributed by atoms with Crippen molar-refractivity contribution in [1.29, 1.82) is 0 Å². The molecule has 0 unspecified atom stereocenters. The minimum absolute atomic E-state index is 0.0171. The zero-order chi connectivity index (χ0) is 32.0. The molecule has 0 aromatic carbocycles. The maximum absolute atomic E-state index is 12.8. The molecule has 0 saturated carbocycles. The third-order valence-electron chi connectivity index (χ3n) is 7.64. The molecule has 0 aromatic heterocycles. The lowest BCUT2D eigenvalue weighted by atomic mass is 9.96. The van der Waals surface area contributed by atoms with Crippen LogP contribution in [0.15, 0.2) is 0 Å². The fourth-order valence-corrected chi connectivity index (χ4v) is 4.50. The molecule has 4 N–H and O–H groups in total. The molecule has 0 saturated heterocycles. The molecule has 0 heterocycles. The van der Waals surface area contributed by atoms with Gasteiger partial charge in [0.25, 0.3) is 0 Å². The van der Waals surface area contributed by atoms with Crippen LogP contribution in [0.25, 0.3) is 0 Å². The van der Waals surface area contributed by atoms with Crippen LogP contribution >= 0.6 is 0 Å². The van der Waals surface area contributed by atoms with Crippen LogP contribution in [0.2, 0.25) is 0 Å². The fraction of sp³-hybridized carbons (Fsp3) is 0.875. The van der Waals surface area contributed by atoms with Crippen molar-refractivity contribution in [3.63, 3.8) is 0 Å². The van der Waals surface area contributed by atoms with E-state index in [4.69, 9.17) is 5.11 Å². The third kappa shape index (κ3) is 20.9. The highest BCUT2D eigenvalue weighted by Crippen LogP contribution is 2.11. The third-order valence-corrected chi connectivity index (χ3v) is 7.64. The summed E-state index contributed by atoms with van der Waals surface area (Å²) in [5.74, 6) is -0.841. The molecule has 0 atom stereocenters. The number of hydrogen-bond donors (Lipinski definition) is 4. The number of unbranched alkanes of at least 4 members (excludes halogenated alkanes) is 5. The molecule has 0 fully saturated rings. The van der Waals surface area contributed by atoms with Gasteiger partial charge in [-0.3, -0.25) is 19.2 Å². The highest BCUT2D eigenvalue weighted by molar-refractivity contribution is 5.87. The molecule has 0 radical (unpaired) electrons. The number of carbonyl (C=O) groups is 4. The van der Waals surface area contributed by atoms with E-state index >= 15 is 0 Å². The Morgan fingerprint density at radius 1 is 0.619 bits per heavy atom. The minimum atomic E-state index is -1.32. The molecule has 1 amide bonds. The predicted octanol–water partition coefficient (Wildman–Crippen LogP) is 3.79. The molecular formula is C32H62N4O6. The zero-order valence-corrected chi connectivity index (χ0v) is 27.6. The summed E-state index contributed by atoms with van der Waals surface area (Å²) < 4.78 is 0. The maximum Gasteiger partial charge on any atom is 0.304 e. The lowest BCUT2D eigenvalue weighted by molar-refractivity contribution is -0.137. The van der Waals surface area contributed by atoms with Crippen molar-refractivity contribution < 1.29 is 29.4 Å². The quantitative estimate of drug-likeness (QED) is 0.0991. The van der Waals surface area contributed by atoms with Crippen molar-refractivity contribution in [2.75, 3.05) is 52.4 Å². The fourth-order valence-electron chi connectivity index (χ4n) is 4.50. The number of hydrogen-bond acceptors (Lipinski definition) is 8. The van der Waals surface area contributed by atoms with Crippen LogP contribution in [0.3, 0.4) is 0 Å². The van der Waals surface area contributed by atoms with Crippen molar-refractivity contribution >= 4 is 23.4 Å². The monoisotopic (exact) mass is 598 g/mol. The van der Waals surface area contributed by atoms with E-state index in [-0.39, 0.29) is 30.3 Å². The molecule has 0 aliphatic rings. The van der Waals surface area contributed by atoms with Crippen LogP contribution in [0.4, 0.5) is 0 Å². The summed E-state index contributed by atoms with van der Waals surface area (Å²) in [6.45, 7) is 16.3. The van der Waals surface area contributed by atoms with Crippen molar-refractivity contribution in [3.05, 3.63) is 0 Å². The maximum atomic E-state index is 12.8. The molecule has 0 spiro atoms. The molecule has 246 valence electrons. The first kappa shape index (κ1) is 40.1. The molecule has 10 heteroatoms. The molecule has 0 bridgehead atoms. The highest BCUT2D eigenvalue weighted by atomic mass is 16.4. The van der Waals surface area contributed by atoms with Gasteiger partial charge in [-0.2, -0.15) is 0 Å². The van der Waals surface area contributed by atoms with E-state index in [9.17, 15) is 24.3 Å². The molecule has 42 heavy (non-hydrogen) atoms. The second-order valence-electron chi connectivity index (χ2n) is 12.5. The van der Waals surface area contributed by atoms with Gasteiger partial charge < -0.3 is 30.6 Å². The number of carboxylic acid groups (broad SMARTS) is 1. The van der Waals surface area contributed by atoms with Crippen molar-refractivity contribution in [2.24, 2.45) is 0 Å². The number of rotatable bonds is 28. The molecule has 0 aliphatic carbocycles. The number of nitrogens with zero attached hydrogens (tertiary/aromatic N) is 2. The van der Waals surface area contributed by atoms with Gasteiger partial charge in [0.05, 0.1) is 12.0 Å². The SMILES string of the molecule is CCCCN(CCC(=O)NCCCCCCNC(C)(C)C(=O)CCN(CCCC)CCC(=O)O)CCC(=O)C(C)(C)O. The smallest absolute Gasteiger partial charge is 0.304 e. The Kier molecular flexibility index (Phi) is 21.6. The number of Topliss-reactive ketones (excluding diaryl/α,β-unsaturated/α-hetero) is 2. The number of amides is 1. The standard InChI is InChI=1S/C32H62N4O6/c1-7-9-21-35(24-16-28(38)32(5,6)42)25-17-29(39)33-19-13-11-12-14-20-34-31(3,4)27(37)15-23-36(22-10-8-2)26-18-30(40)41/h34,42H,7-26H2,1-6H3,(H,33,39)(H,40,41). The van der Waals surface area contributed by atoms with Crippen LogP contribution < -0.4 is 10.6 Å². The van der Waals surface area contributed by atoms with Crippen LogP contribution in [0.1, 0.15) is 119 Å². The van der Waals surface area contributed by atoms with Crippen LogP contribution in [0, 0.1) is 0 Å². The van der Waals surface area contributed by atoms with Crippen LogP contribution in [-0.4, -0.2) is 107 Å². The normalized spacial score (nSPS) is 12.2. The van der Waals surface area contributed by atoms with E-state index < -0.39 is 17.1 Å². The second-order valence-corrected chi connectivity index (χ2v) is 12.5. The topological polar surface area (TPSA) is 139 Å². The Morgan fingerprint density at radius 3 is 1.60 bits per heavy atom. The van der Waals surface area contributed by atoms with Gasteiger partial charge in [0.2, 0.25) is 5.91 Å². The van der Waals surface area contributed by atoms with Gasteiger partial charge in [0, 0.05) is 52.0 Å². The molecular weight excluding hydrogens is 536 g/mol. The lowest BCUT2D eigenvalue weighted by Crippen LogP contribution is -2.48. The zero-order valence-electron chi connectivity index (χ0n) is 27.6. The largest absolute Gasteiger partial charge is 0.481 e. The number of aliphatic carboxylic acids is 1. The van der Waals surface area contributed by atoms with E-state index in [1.54, 1.807) is 0 Å². The van der Waals surface area contributed by atoms with E-state index in [1.165, 1.54) is 13.8 Å². The van der Waals surface area contributed by atoms with E-state index in [1.807, 2.05) is 13.8 Å². The van der Waals surface area contributed by atoms with Crippen LogP contribution in [-0.2, 0) is 19.2 Å². The summed E-state index contributed by atoms with van der Waals surface area (Å²) in [6.07, 6.45) is 9.08. The molecule has 0 aromatic rings. The number of ketones is 2. The van der Waals surface area contributed by atoms with Gasteiger partial charge in [-0.15, -0.1) is 0 Å². The summed E-state index contributed by atoms with van der Waals surface area (Å²) in [7, 11) is 0.